The lowest BCUT2D eigenvalue weighted by molar-refractivity contribution is -0.118. The molecule has 1 aromatic rings. The second-order valence-corrected chi connectivity index (χ2v) is 3.90. The maximum Gasteiger partial charge on any atom is 0.274 e. The van der Waals surface area contributed by atoms with Gasteiger partial charge in [-0.3, -0.25) is 9.59 Å². The van der Waals surface area contributed by atoms with E-state index in [1.165, 1.54) is 4.57 Å². The maximum atomic E-state index is 11.5. The fourth-order valence-electron chi connectivity index (χ4n) is 1.61. The number of carbonyl (C=O) groups excluding carboxylic acids is 1. The van der Waals surface area contributed by atoms with Crippen molar-refractivity contribution in [1.29, 1.82) is 0 Å². The van der Waals surface area contributed by atoms with Gasteiger partial charge in [-0.1, -0.05) is 0 Å². The summed E-state index contributed by atoms with van der Waals surface area (Å²) in [7, 11) is 0. The Morgan fingerprint density at radius 2 is 2.20 bits per heavy atom. The molecule has 1 saturated carbocycles. The number of rotatable bonds is 3. The number of nitrogens with two attached hydrogens (primary N) is 2. The molecule has 1 aromatic heterocycles. The van der Waals surface area contributed by atoms with Crippen LogP contribution >= 0.6 is 0 Å². The molecule has 4 N–H and O–H groups in total. The Morgan fingerprint density at radius 3 is 2.73 bits per heavy atom. The number of carbonyl (C=O) groups is 1. The average molecular weight is 207 g/mol. The molecule has 1 heterocycles. The Bertz CT molecular complexity index is 460. The van der Waals surface area contributed by atoms with Crippen molar-refractivity contribution in [3.63, 3.8) is 0 Å². The third-order valence-electron chi connectivity index (χ3n) is 2.51. The summed E-state index contributed by atoms with van der Waals surface area (Å²) < 4.78 is 1.28. The van der Waals surface area contributed by atoms with E-state index < -0.39 is 5.91 Å². The van der Waals surface area contributed by atoms with Crippen LogP contribution in [0.3, 0.4) is 0 Å². The third kappa shape index (κ3) is 2.01. The minimum Gasteiger partial charge on any atom is -0.394 e. The highest BCUT2D eigenvalue weighted by atomic mass is 16.2. The summed E-state index contributed by atoms with van der Waals surface area (Å²) in [4.78, 5) is 22.3. The van der Waals surface area contributed by atoms with Crippen LogP contribution in [-0.2, 0) is 11.3 Å². The zero-order valence-electron chi connectivity index (χ0n) is 8.27. The molecule has 1 aliphatic carbocycles. The van der Waals surface area contributed by atoms with Crippen LogP contribution < -0.4 is 17.0 Å². The van der Waals surface area contributed by atoms with E-state index >= 15 is 0 Å². The molecule has 1 fully saturated rings. The predicted molar refractivity (Wildman–Crippen MR) is 56.3 cm³/mol. The van der Waals surface area contributed by atoms with E-state index in [0.717, 1.165) is 18.4 Å². The Labute approximate surface area is 86.7 Å². The summed E-state index contributed by atoms with van der Waals surface area (Å²) in [6.45, 7) is -0.108. The van der Waals surface area contributed by atoms with Crippen LogP contribution in [0.25, 0.3) is 0 Å². The lowest BCUT2D eigenvalue weighted by Gasteiger charge is -2.07. The van der Waals surface area contributed by atoms with Crippen molar-refractivity contribution in [2.24, 2.45) is 5.73 Å². The first kappa shape index (κ1) is 9.76. The van der Waals surface area contributed by atoms with Gasteiger partial charge in [0.05, 0.1) is 5.69 Å². The molecule has 80 valence electrons. The molecule has 1 amide bonds. The number of aromatic nitrogens is 1. The van der Waals surface area contributed by atoms with Crippen LogP contribution in [0.2, 0.25) is 0 Å². The lowest BCUT2D eigenvalue weighted by atomic mass is 10.2. The number of nitrogen functional groups attached to an aromatic ring is 1. The molecule has 1 aliphatic rings. The van der Waals surface area contributed by atoms with Crippen LogP contribution in [0.4, 0.5) is 5.69 Å². The Kier molecular flexibility index (Phi) is 2.22. The van der Waals surface area contributed by atoms with Gasteiger partial charge in [0, 0.05) is 6.20 Å². The van der Waals surface area contributed by atoms with E-state index in [-0.39, 0.29) is 17.8 Å². The van der Waals surface area contributed by atoms with Gasteiger partial charge in [-0.15, -0.1) is 0 Å². The minimum atomic E-state index is -0.538. The first-order valence-corrected chi connectivity index (χ1v) is 4.86. The van der Waals surface area contributed by atoms with Gasteiger partial charge in [-0.2, -0.15) is 0 Å². The van der Waals surface area contributed by atoms with Gasteiger partial charge in [-0.05, 0) is 30.4 Å². The lowest BCUT2D eigenvalue weighted by Crippen LogP contribution is -2.29. The molecule has 0 unspecified atom stereocenters. The first-order valence-electron chi connectivity index (χ1n) is 4.86. The van der Waals surface area contributed by atoms with Gasteiger partial charge >= 0.3 is 0 Å². The molecule has 2 rings (SSSR count). The van der Waals surface area contributed by atoms with Crippen LogP contribution in [0.5, 0.6) is 0 Å². The molecule has 5 heteroatoms. The SMILES string of the molecule is NC(=O)Cn1cc(C2CC2)cc(N)c1=O. The summed E-state index contributed by atoms with van der Waals surface area (Å²) in [6, 6.07) is 1.69. The zero-order valence-corrected chi connectivity index (χ0v) is 8.27. The van der Waals surface area contributed by atoms with Crippen LogP contribution in [0.15, 0.2) is 17.1 Å². The Morgan fingerprint density at radius 1 is 1.53 bits per heavy atom. The van der Waals surface area contributed by atoms with Crippen molar-refractivity contribution in [3.8, 4) is 0 Å². The Balaban J connectivity index is 2.42. The van der Waals surface area contributed by atoms with Crippen LogP contribution in [-0.4, -0.2) is 10.5 Å². The van der Waals surface area contributed by atoms with Gasteiger partial charge < -0.3 is 16.0 Å². The van der Waals surface area contributed by atoms with Gasteiger partial charge in [0.25, 0.3) is 5.56 Å². The highest BCUT2D eigenvalue weighted by Crippen LogP contribution is 2.39. The summed E-state index contributed by atoms with van der Waals surface area (Å²) >= 11 is 0. The van der Waals surface area contributed by atoms with Gasteiger partial charge in [0.2, 0.25) is 5.91 Å². The summed E-state index contributed by atoms with van der Waals surface area (Å²) in [5.74, 6) is -0.0449. The molecule has 5 nitrogen and oxygen atoms in total. The van der Waals surface area contributed by atoms with E-state index in [4.69, 9.17) is 11.5 Å². The monoisotopic (exact) mass is 207 g/mol. The highest BCUT2D eigenvalue weighted by molar-refractivity contribution is 5.73. The average Bonchev–Trinajstić information content (AvgIpc) is 2.94. The van der Waals surface area contributed by atoms with E-state index in [9.17, 15) is 9.59 Å². The van der Waals surface area contributed by atoms with Gasteiger partial charge in [-0.25, -0.2) is 0 Å². The molecular formula is C10H13N3O2. The zero-order chi connectivity index (χ0) is 11.0. The molecule has 0 bridgehead atoms. The standard InChI is InChI=1S/C10H13N3O2/c11-8-3-7(6-1-2-6)4-13(10(8)15)5-9(12)14/h3-4,6H,1-2,5,11H2,(H2,12,14). The molecule has 0 aliphatic heterocycles. The largest absolute Gasteiger partial charge is 0.394 e. The van der Waals surface area contributed by atoms with E-state index in [2.05, 4.69) is 0 Å². The molecule has 0 saturated heterocycles. The fourth-order valence-corrected chi connectivity index (χ4v) is 1.61. The van der Waals surface area contributed by atoms with E-state index in [0.29, 0.717) is 5.92 Å². The molecule has 15 heavy (non-hydrogen) atoms. The number of pyridine rings is 1. The normalized spacial score (nSPS) is 15.2. The van der Waals surface area contributed by atoms with Crippen LogP contribution in [0.1, 0.15) is 24.3 Å². The van der Waals surface area contributed by atoms with Crippen molar-refractivity contribution in [1.82, 2.24) is 4.57 Å². The molecule has 0 atom stereocenters. The highest BCUT2D eigenvalue weighted by Gasteiger charge is 2.24. The number of nitrogens with zero attached hydrogens (tertiary/aromatic N) is 1. The number of amides is 1. The van der Waals surface area contributed by atoms with Crippen molar-refractivity contribution < 1.29 is 4.79 Å². The van der Waals surface area contributed by atoms with Crippen molar-refractivity contribution in [2.75, 3.05) is 5.73 Å². The van der Waals surface area contributed by atoms with Crippen LogP contribution in [0, 0.1) is 0 Å². The topological polar surface area (TPSA) is 91.1 Å². The van der Waals surface area contributed by atoms with Gasteiger partial charge in [0.15, 0.2) is 0 Å². The summed E-state index contributed by atoms with van der Waals surface area (Å²) in [6.07, 6.45) is 3.92. The second kappa shape index (κ2) is 3.42. The maximum absolute atomic E-state index is 11.5. The number of anilines is 1. The number of hydrogen-bond donors (Lipinski definition) is 2. The van der Waals surface area contributed by atoms with E-state index in [1.807, 2.05) is 0 Å². The number of primary amides is 1. The van der Waals surface area contributed by atoms with Crippen molar-refractivity contribution in [3.05, 3.63) is 28.2 Å². The predicted octanol–water partition coefficient (Wildman–Crippen LogP) is -0.207. The van der Waals surface area contributed by atoms with Crippen molar-refractivity contribution >= 4 is 11.6 Å². The first-order chi connectivity index (χ1) is 7.08. The number of hydrogen-bond acceptors (Lipinski definition) is 3. The molecular weight excluding hydrogens is 194 g/mol. The molecule has 0 aromatic carbocycles. The molecule has 0 radical (unpaired) electrons. The third-order valence-corrected chi connectivity index (χ3v) is 2.51. The van der Waals surface area contributed by atoms with E-state index in [1.54, 1.807) is 12.3 Å². The fraction of sp³-hybridized carbons (Fsp3) is 0.400. The quantitative estimate of drug-likeness (QED) is 0.718. The summed E-state index contributed by atoms with van der Waals surface area (Å²) in [5, 5.41) is 0. The van der Waals surface area contributed by atoms with Crippen molar-refractivity contribution in [2.45, 2.75) is 25.3 Å². The van der Waals surface area contributed by atoms with Gasteiger partial charge in [0.1, 0.15) is 6.54 Å². The smallest absolute Gasteiger partial charge is 0.274 e. The second-order valence-electron chi connectivity index (χ2n) is 3.90. The molecule has 0 spiro atoms. The Hall–Kier alpha value is -1.78. The summed E-state index contributed by atoms with van der Waals surface area (Å²) in [5.41, 5.74) is 11.5. The minimum absolute atomic E-state index is 0.108.